The number of hydrogen-bond donors (Lipinski definition) is 1. The second-order valence-electron chi connectivity index (χ2n) is 2.70. The Hall–Kier alpha value is 0.0200. The lowest BCUT2D eigenvalue weighted by Gasteiger charge is -1.95. The van der Waals surface area contributed by atoms with E-state index in [4.69, 9.17) is 9.46 Å². The number of quaternary nitrogens is 1. The van der Waals surface area contributed by atoms with Gasteiger partial charge in [0.05, 0.1) is 15.2 Å². The van der Waals surface area contributed by atoms with Crippen LogP contribution in [0.2, 0.25) is 0 Å². The summed E-state index contributed by atoms with van der Waals surface area (Å²) in [6.45, 7) is 3.37. The van der Waals surface area contributed by atoms with Crippen molar-refractivity contribution in [2.45, 2.75) is 45.4 Å². The molecule has 0 bridgehead atoms. The average Bonchev–Trinajstić information content (AvgIpc) is 2.06. The van der Waals surface area contributed by atoms with E-state index in [1.54, 1.807) is 0 Å². The van der Waals surface area contributed by atoms with Gasteiger partial charge in [-0.15, -0.1) is 0 Å². The van der Waals surface area contributed by atoms with Gasteiger partial charge >= 0.3 is 0 Å². The Morgan fingerprint density at radius 2 is 1.58 bits per heavy atom. The van der Waals surface area contributed by atoms with Gasteiger partial charge in [0.1, 0.15) is 0 Å². The summed E-state index contributed by atoms with van der Waals surface area (Å²) in [5.41, 5.74) is 3.80. The van der Waals surface area contributed by atoms with E-state index in [1.807, 2.05) is 0 Å². The molecule has 0 aliphatic heterocycles. The van der Waals surface area contributed by atoms with Crippen LogP contribution in [0.15, 0.2) is 0 Å². The van der Waals surface area contributed by atoms with Gasteiger partial charge in [-0.2, -0.15) is 0 Å². The van der Waals surface area contributed by atoms with E-state index in [0.717, 1.165) is 6.54 Å². The third-order valence-electron chi connectivity index (χ3n) is 1.60. The van der Waals surface area contributed by atoms with Crippen LogP contribution in [-0.2, 0) is 4.57 Å². The molecule has 0 heterocycles. The molecule has 0 aromatic rings. The highest BCUT2D eigenvalue weighted by Crippen LogP contribution is 2.03. The van der Waals surface area contributed by atoms with Crippen LogP contribution in [0, 0.1) is 0 Å². The minimum Gasteiger partial charge on any atom is -0.772 e. The topological polar surface area (TPSA) is 67.8 Å². The minimum absolute atomic E-state index is 1.08. The summed E-state index contributed by atoms with van der Waals surface area (Å²) in [5.74, 6) is 0. The first-order chi connectivity index (χ1) is 5.83. The lowest BCUT2D eigenvalue weighted by atomic mass is 10.1. The first-order valence-corrected chi connectivity index (χ1v) is 5.30. The van der Waals surface area contributed by atoms with Gasteiger partial charge in [0.25, 0.3) is 0 Å². The van der Waals surface area contributed by atoms with Gasteiger partial charge in [-0.25, -0.2) is 0 Å². The van der Waals surface area contributed by atoms with Crippen molar-refractivity contribution in [3.63, 3.8) is 0 Å². The van der Waals surface area contributed by atoms with Crippen molar-refractivity contribution in [1.29, 1.82) is 0 Å². The Morgan fingerprint density at radius 1 is 1.17 bits per heavy atom. The van der Waals surface area contributed by atoms with Crippen LogP contribution in [0.25, 0.3) is 0 Å². The summed E-state index contributed by atoms with van der Waals surface area (Å²) < 4.78 is 8.35. The fourth-order valence-corrected chi connectivity index (χ4v) is 0.957. The first kappa shape index (κ1) is 14.5. The fraction of sp³-hybridized carbons (Fsp3) is 1.00. The Balaban J connectivity index is 0. The van der Waals surface area contributed by atoms with Gasteiger partial charge in [-0.3, -0.25) is 4.57 Å². The molecule has 0 spiro atoms. The van der Waals surface area contributed by atoms with Crippen molar-refractivity contribution in [1.82, 2.24) is 0 Å². The van der Waals surface area contributed by atoms with Crippen LogP contribution in [0.3, 0.4) is 0 Å². The molecule has 0 aliphatic carbocycles. The first-order valence-electron chi connectivity index (χ1n) is 4.57. The monoisotopic (exact) mass is 193 g/mol. The van der Waals surface area contributed by atoms with Gasteiger partial charge < -0.3 is 10.6 Å². The molecule has 0 saturated heterocycles. The second-order valence-corrected chi connectivity index (χ2v) is 2.84. The van der Waals surface area contributed by atoms with Crippen molar-refractivity contribution < 1.29 is 15.2 Å². The van der Waals surface area contributed by atoms with Crippen LogP contribution in [0.5, 0.6) is 0 Å². The van der Waals surface area contributed by atoms with Crippen LogP contribution in [0.4, 0.5) is 0 Å². The van der Waals surface area contributed by atoms with Crippen molar-refractivity contribution in [2.24, 2.45) is 0 Å². The average molecular weight is 193 g/mol. The molecule has 3 N–H and O–H groups in total. The third-order valence-corrected chi connectivity index (χ3v) is 1.60. The zero-order valence-corrected chi connectivity index (χ0v) is 8.81. The van der Waals surface area contributed by atoms with E-state index in [2.05, 4.69) is 12.7 Å². The van der Waals surface area contributed by atoms with Crippen molar-refractivity contribution in [3.05, 3.63) is 0 Å². The van der Waals surface area contributed by atoms with E-state index in [0.29, 0.717) is 0 Å². The molecule has 0 rings (SSSR count). The maximum absolute atomic E-state index is 8.35. The van der Waals surface area contributed by atoms with Crippen LogP contribution in [0.1, 0.15) is 45.4 Å². The molecule has 0 aromatic carbocycles. The highest BCUT2D eigenvalue weighted by molar-refractivity contribution is 7.14. The van der Waals surface area contributed by atoms with Crippen LogP contribution in [-0.4, -0.2) is 6.54 Å². The van der Waals surface area contributed by atoms with E-state index in [1.165, 1.54) is 38.5 Å². The van der Waals surface area contributed by atoms with E-state index in [9.17, 15) is 0 Å². The molecule has 3 nitrogen and oxygen atoms in total. The van der Waals surface area contributed by atoms with Gasteiger partial charge in [0.15, 0.2) is 0 Å². The highest BCUT2D eigenvalue weighted by Gasteiger charge is 1.87. The lowest BCUT2D eigenvalue weighted by molar-refractivity contribution is -0.368. The van der Waals surface area contributed by atoms with Crippen molar-refractivity contribution in [3.8, 4) is 0 Å². The second kappa shape index (κ2) is 17.2. The summed E-state index contributed by atoms with van der Waals surface area (Å²) in [6.07, 6.45) is 8.33. The summed E-state index contributed by atoms with van der Waals surface area (Å²) in [6, 6.07) is 0. The van der Waals surface area contributed by atoms with E-state index < -0.39 is 8.69 Å². The molecule has 0 saturated carbocycles. The highest BCUT2D eigenvalue weighted by atomic mass is 31.1. The Bertz CT molecular complexity index is 75.5. The zero-order chi connectivity index (χ0) is 9.66. The molecular weight excluding hydrogens is 173 g/mol. The molecule has 0 aliphatic rings. The molecular formula is C8H20NO2P. The van der Waals surface area contributed by atoms with E-state index >= 15 is 0 Å². The molecule has 0 atom stereocenters. The smallest absolute Gasteiger partial charge is 0.0739 e. The molecule has 74 valence electrons. The predicted molar refractivity (Wildman–Crippen MR) is 48.7 cm³/mol. The summed E-state index contributed by atoms with van der Waals surface area (Å²) in [4.78, 5) is 8.35. The van der Waals surface area contributed by atoms with Gasteiger partial charge in [0, 0.05) is 0 Å². The predicted octanol–water partition coefficient (Wildman–Crippen LogP) is 1.14. The molecule has 12 heavy (non-hydrogen) atoms. The van der Waals surface area contributed by atoms with Crippen molar-refractivity contribution >= 4 is 8.69 Å². The molecule has 0 unspecified atom stereocenters. The Morgan fingerprint density at radius 3 is 2.00 bits per heavy atom. The van der Waals surface area contributed by atoms with Gasteiger partial charge in [-0.05, 0) is 12.8 Å². The fourth-order valence-electron chi connectivity index (χ4n) is 0.957. The van der Waals surface area contributed by atoms with Crippen LogP contribution >= 0.6 is 8.69 Å². The van der Waals surface area contributed by atoms with Crippen molar-refractivity contribution in [2.75, 3.05) is 6.54 Å². The molecule has 4 heteroatoms. The van der Waals surface area contributed by atoms with Gasteiger partial charge in [-0.1, -0.05) is 32.6 Å². The summed E-state index contributed by atoms with van der Waals surface area (Å²) >= 11 is 0. The normalized spacial score (nSPS) is 9.25. The number of hydrogen-bond acceptors (Lipinski definition) is 2. The number of unbranched alkanes of at least 4 members (excludes halogenated alkanes) is 5. The standard InChI is InChI=1S/C8H19N.HO2P/c1-2-3-4-5-6-7-8-9;1-3-2/h2-9H2,1H3;(H,1,2). The molecule has 0 radical (unpaired) electrons. The summed E-state index contributed by atoms with van der Waals surface area (Å²) in [5, 5.41) is 0. The Kier molecular flexibility index (Phi) is 20.8. The SMILES string of the molecule is CCCCCCCC[NH3+].O=P[O-]. The third kappa shape index (κ3) is 22.5. The molecule has 0 aromatic heterocycles. The molecule has 0 fully saturated rings. The largest absolute Gasteiger partial charge is 0.772 e. The van der Waals surface area contributed by atoms with Crippen LogP contribution < -0.4 is 10.6 Å². The summed E-state index contributed by atoms with van der Waals surface area (Å²) in [7, 11) is -1.08. The van der Waals surface area contributed by atoms with Gasteiger partial charge in [0.2, 0.25) is 0 Å². The minimum atomic E-state index is -1.08. The lowest BCUT2D eigenvalue weighted by Crippen LogP contribution is -2.50. The quantitative estimate of drug-likeness (QED) is 0.507. The number of rotatable bonds is 6. The Labute approximate surface area is 76.6 Å². The maximum atomic E-state index is 8.35. The van der Waals surface area contributed by atoms with E-state index in [-0.39, 0.29) is 0 Å². The zero-order valence-electron chi connectivity index (χ0n) is 7.92. The molecule has 0 amide bonds. The maximum Gasteiger partial charge on any atom is 0.0739 e.